The van der Waals surface area contributed by atoms with Gasteiger partial charge in [-0.2, -0.15) is 4.31 Å². The van der Waals surface area contributed by atoms with Crippen molar-refractivity contribution in [2.24, 2.45) is 0 Å². The molecule has 1 heterocycles. The van der Waals surface area contributed by atoms with Crippen LogP contribution in [0.2, 0.25) is 0 Å². The van der Waals surface area contributed by atoms with E-state index in [1.54, 1.807) is 25.1 Å². The molecule has 0 bridgehead atoms. The van der Waals surface area contributed by atoms with Gasteiger partial charge in [-0.05, 0) is 40.0 Å². The van der Waals surface area contributed by atoms with E-state index in [4.69, 9.17) is 0 Å². The van der Waals surface area contributed by atoms with Crippen LogP contribution in [0.4, 0.5) is 0 Å². The molecule has 15 heavy (non-hydrogen) atoms. The minimum atomic E-state index is -3.08. The standard InChI is InChI=1S/C11H21NO2S/c1-5-6-7-8-10-9-12(10)15(13,14)11(2,3)4/h5,10H,1,6-9H2,2-4H3. The van der Waals surface area contributed by atoms with Crippen LogP contribution in [0.1, 0.15) is 40.0 Å². The van der Waals surface area contributed by atoms with E-state index in [0.29, 0.717) is 6.54 Å². The molecule has 4 heteroatoms. The molecule has 1 fully saturated rings. The number of sulfonamides is 1. The maximum atomic E-state index is 12.0. The van der Waals surface area contributed by atoms with E-state index >= 15 is 0 Å². The predicted octanol–water partition coefficient (Wildman–Crippen LogP) is 2.16. The number of rotatable bonds is 5. The summed E-state index contributed by atoms with van der Waals surface area (Å²) >= 11 is 0. The second-order valence-corrected chi connectivity index (χ2v) is 7.70. The van der Waals surface area contributed by atoms with Crippen LogP contribution >= 0.6 is 0 Å². The van der Waals surface area contributed by atoms with Gasteiger partial charge in [0.2, 0.25) is 10.0 Å². The van der Waals surface area contributed by atoms with Gasteiger partial charge in [-0.25, -0.2) is 8.42 Å². The second kappa shape index (κ2) is 4.26. The van der Waals surface area contributed by atoms with Gasteiger partial charge >= 0.3 is 0 Å². The van der Waals surface area contributed by atoms with Crippen LogP contribution in [0.5, 0.6) is 0 Å². The summed E-state index contributed by atoms with van der Waals surface area (Å²) in [6.07, 6.45) is 4.84. The molecule has 0 aromatic carbocycles. The molecule has 1 rings (SSSR count). The third-order valence-corrected chi connectivity index (χ3v) is 5.30. The molecule has 0 amide bonds. The van der Waals surface area contributed by atoms with E-state index in [1.165, 1.54) is 0 Å². The first-order valence-corrected chi connectivity index (χ1v) is 6.87. The zero-order chi connectivity index (χ0) is 11.7. The summed E-state index contributed by atoms with van der Waals surface area (Å²) < 4.78 is 24.9. The van der Waals surface area contributed by atoms with Crippen molar-refractivity contribution in [2.45, 2.75) is 50.8 Å². The largest absolute Gasteiger partial charge is 0.219 e. The highest BCUT2D eigenvalue weighted by Crippen LogP contribution is 2.33. The minimum absolute atomic E-state index is 0.245. The summed E-state index contributed by atoms with van der Waals surface area (Å²) in [6.45, 7) is 9.61. The van der Waals surface area contributed by atoms with E-state index in [0.717, 1.165) is 19.3 Å². The molecule has 88 valence electrons. The molecule has 2 atom stereocenters. The average Bonchev–Trinajstić information content (AvgIpc) is 2.82. The molecule has 2 unspecified atom stereocenters. The number of nitrogens with zero attached hydrogens (tertiary/aromatic N) is 1. The van der Waals surface area contributed by atoms with Gasteiger partial charge in [-0.1, -0.05) is 6.08 Å². The van der Waals surface area contributed by atoms with E-state index in [1.807, 2.05) is 6.08 Å². The minimum Gasteiger partial charge on any atom is -0.212 e. The average molecular weight is 231 g/mol. The van der Waals surface area contributed by atoms with Crippen molar-refractivity contribution in [1.82, 2.24) is 4.31 Å². The number of allylic oxidation sites excluding steroid dienone is 1. The molecule has 1 saturated heterocycles. The van der Waals surface area contributed by atoms with Gasteiger partial charge in [0.25, 0.3) is 0 Å². The van der Waals surface area contributed by atoms with E-state index in [-0.39, 0.29) is 6.04 Å². The van der Waals surface area contributed by atoms with Crippen molar-refractivity contribution in [3.8, 4) is 0 Å². The van der Waals surface area contributed by atoms with Gasteiger partial charge in [0.05, 0.1) is 4.75 Å². The van der Waals surface area contributed by atoms with Crippen LogP contribution in [0.3, 0.4) is 0 Å². The highest BCUT2D eigenvalue weighted by Gasteiger charge is 2.48. The lowest BCUT2D eigenvalue weighted by atomic mass is 10.2. The molecule has 1 aliphatic rings. The molecule has 0 N–H and O–H groups in total. The molecule has 0 aliphatic carbocycles. The Morgan fingerprint density at radius 1 is 1.47 bits per heavy atom. The Morgan fingerprint density at radius 3 is 2.53 bits per heavy atom. The monoisotopic (exact) mass is 231 g/mol. The van der Waals surface area contributed by atoms with E-state index in [9.17, 15) is 8.42 Å². The number of hydrogen-bond donors (Lipinski definition) is 0. The Kier molecular flexibility index (Phi) is 3.61. The summed E-state index contributed by atoms with van der Waals surface area (Å²) in [5.41, 5.74) is 0. The first kappa shape index (κ1) is 12.7. The topological polar surface area (TPSA) is 37.1 Å². The van der Waals surface area contributed by atoms with Crippen LogP contribution in [0.25, 0.3) is 0 Å². The Morgan fingerprint density at radius 2 is 2.07 bits per heavy atom. The van der Waals surface area contributed by atoms with E-state index < -0.39 is 14.8 Å². The molecular weight excluding hydrogens is 210 g/mol. The zero-order valence-electron chi connectivity index (χ0n) is 9.86. The fourth-order valence-corrected chi connectivity index (χ4v) is 3.11. The lowest BCUT2D eigenvalue weighted by molar-refractivity contribution is 0.510. The van der Waals surface area contributed by atoms with Crippen molar-refractivity contribution < 1.29 is 8.42 Å². The third-order valence-electron chi connectivity index (χ3n) is 2.69. The van der Waals surface area contributed by atoms with Gasteiger partial charge < -0.3 is 0 Å². The van der Waals surface area contributed by atoms with Gasteiger partial charge in [-0.3, -0.25) is 0 Å². The van der Waals surface area contributed by atoms with Crippen molar-refractivity contribution >= 4 is 10.0 Å². The summed E-state index contributed by atoms with van der Waals surface area (Å²) in [4.78, 5) is 0. The summed E-state index contributed by atoms with van der Waals surface area (Å²) in [7, 11) is -3.08. The highest BCUT2D eigenvalue weighted by molar-refractivity contribution is 7.90. The molecule has 1 aliphatic heterocycles. The van der Waals surface area contributed by atoms with Crippen LogP contribution < -0.4 is 0 Å². The second-order valence-electron chi connectivity index (χ2n) is 5.06. The fraction of sp³-hybridized carbons (Fsp3) is 0.818. The van der Waals surface area contributed by atoms with Crippen LogP contribution in [0.15, 0.2) is 12.7 Å². The van der Waals surface area contributed by atoms with Gasteiger partial charge in [0.15, 0.2) is 0 Å². The summed E-state index contributed by atoms with van der Waals surface area (Å²) in [6, 6.07) is 0.245. The maximum absolute atomic E-state index is 12.0. The molecule has 0 spiro atoms. The third kappa shape index (κ3) is 2.82. The number of unbranched alkanes of at least 4 members (excludes halogenated alkanes) is 1. The van der Waals surface area contributed by atoms with Crippen molar-refractivity contribution in [3.63, 3.8) is 0 Å². The Bertz CT molecular complexity index is 327. The first-order chi connectivity index (χ1) is 6.80. The number of hydrogen-bond acceptors (Lipinski definition) is 2. The zero-order valence-corrected chi connectivity index (χ0v) is 10.7. The molecular formula is C11H21NO2S. The Balaban J connectivity index is 2.47. The van der Waals surface area contributed by atoms with Crippen molar-refractivity contribution in [1.29, 1.82) is 0 Å². The SMILES string of the molecule is C=CCCCC1CN1S(=O)(=O)C(C)(C)C. The molecule has 3 nitrogen and oxygen atoms in total. The summed E-state index contributed by atoms with van der Waals surface area (Å²) in [5.74, 6) is 0. The van der Waals surface area contributed by atoms with Crippen molar-refractivity contribution in [3.05, 3.63) is 12.7 Å². The lowest BCUT2D eigenvalue weighted by Crippen LogP contribution is -2.34. The molecule has 0 aromatic rings. The molecule has 0 saturated carbocycles. The molecule has 0 radical (unpaired) electrons. The highest BCUT2D eigenvalue weighted by atomic mass is 32.2. The van der Waals surface area contributed by atoms with Gasteiger partial charge in [0, 0.05) is 12.6 Å². The van der Waals surface area contributed by atoms with Crippen molar-refractivity contribution in [2.75, 3.05) is 6.54 Å². The Hall–Kier alpha value is -0.350. The quantitative estimate of drug-likeness (QED) is 0.413. The smallest absolute Gasteiger partial charge is 0.212 e. The van der Waals surface area contributed by atoms with E-state index in [2.05, 4.69) is 6.58 Å². The van der Waals surface area contributed by atoms with Crippen LogP contribution in [0, 0.1) is 0 Å². The Labute approximate surface area is 93.2 Å². The van der Waals surface area contributed by atoms with Crippen LogP contribution in [-0.2, 0) is 10.0 Å². The molecule has 0 aromatic heterocycles. The first-order valence-electron chi connectivity index (χ1n) is 5.43. The normalized spacial score (nSPS) is 26.3. The summed E-state index contributed by atoms with van der Waals surface area (Å²) in [5, 5.41) is 0. The van der Waals surface area contributed by atoms with Crippen LogP contribution in [-0.4, -0.2) is 30.1 Å². The van der Waals surface area contributed by atoms with Gasteiger partial charge in [0.1, 0.15) is 0 Å². The predicted molar refractivity (Wildman–Crippen MR) is 63.2 cm³/mol. The maximum Gasteiger partial charge on any atom is 0.219 e. The van der Waals surface area contributed by atoms with Gasteiger partial charge in [-0.15, -0.1) is 6.58 Å². The fourth-order valence-electron chi connectivity index (χ4n) is 1.54. The lowest BCUT2D eigenvalue weighted by Gasteiger charge is -2.20.